The van der Waals surface area contributed by atoms with Crippen LogP contribution in [0.15, 0.2) is 0 Å². The minimum absolute atomic E-state index is 0. The number of carbonyl (C=O) groups excluding carboxylic acids is 1. The average molecular weight is 450 g/mol. The van der Waals surface area contributed by atoms with E-state index < -0.39 is 11.9 Å². The monoisotopic (exact) mass is 450 g/mol. The molecule has 0 bridgehead atoms. The molecule has 0 aromatic carbocycles. The van der Waals surface area contributed by atoms with Gasteiger partial charge in [0.25, 0.3) is 0 Å². The number of esters is 1. The molecule has 4 N–H and O–H groups in total. The number of ether oxygens (including phenoxy) is 3. The number of carbonyl (C=O) groups is 2. The quantitative estimate of drug-likeness (QED) is 0.303. The summed E-state index contributed by atoms with van der Waals surface area (Å²) in [6, 6.07) is 0. The first kappa shape index (κ1) is 29.3. The Morgan fingerprint density at radius 2 is 1.31 bits per heavy atom. The van der Waals surface area contributed by atoms with E-state index in [1.54, 1.807) is 0 Å². The Hall–Kier alpha value is -2.70. The predicted octanol–water partition coefficient (Wildman–Crippen LogP) is -3.77. The molecule has 2 aromatic rings. The standard InChI is InChI=1S/C8H12N4O3.C7H10N4O3.CH4.Li.H2O/c1-14-7(13)6-9-8(11-10-6)12-2-4-15-5-3-12;12-6(13)5-8-7(10-9-5)11-1-3-14-4-2-11;;;/h2-5H2,1H3,(H,9,10,11);1-4H2,(H,12,13)(H,8,9,10);1H4;;1H2/q;;;+1;/p-1. The number of nitrogens with one attached hydrogen (secondary N) is 2. The molecule has 2 aliphatic rings. The van der Waals surface area contributed by atoms with Gasteiger partial charge in [-0.1, -0.05) is 7.43 Å². The third kappa shape index (κ3) is 7.77. The van der Waals surface area contributed by atoms with Gasteiger partial charge < -0.3 is 34.6 Å². The predicted molar refractivity (Wildman–Crippen MR) is 106 cm³/mol. The number of carboxylic acid groups (broad SMARTS) is 1. The molecule has 2 fully saturated rings. The van der Waals surface area contributed by atoms with Gasteiger partial charge in [0.1, 0.15) is 0 Å². The number of hydrogen-bond acceptors (Lipinski definition) is 12. The van der Waals surface area contributed by atoms with Crippen LogP contribution in [0.4, 0.5) is 11.9 Å². The number of methoxy groups -OCH3 is 1. The Balaban J connectivity index is 0.000000550. The van der Waals surface area contributed by atoms with Crippen molar-refractivity contribution in [3.8, 4) is 0 Å². The summed E-state index contributed by atoms with van der Waals surface area (Å²) in [4.78, 5) is 33.3. The molecule has 4 rings (SSSR count). The van der Waals surface area contributed by atoms with Crippen LogP contribution in [0.5, 0.6) is 0 Å². The second-order valence-electron chi connectivity index (χ2n) is 5.96. The minimum atomic E-state index is -1.10. The maximum atomic E-state index is 11.1. The maximum Gasteiger partial charge on any atom is 1.00 e. The number of H-pyrrole nitrogens is 2. The van der Waals surface area contributed by atoms with Gasteiger partial charge in [0.05, 0.1) is 33.5 Å². The number of morpholine rings is 2. The number of anilines is 2. The number of aromatic amines is 2. The molecule has 2 aliphatic heterocycles. The topological polar surface area (TPSA) is 202 Å². The Morgan fingerprint density at radius 1 is 0.906 bits per heavy atom. The van der Waals surface area contributed by atoms with Crippen LogP contribution in [0.25, 0.3) is 0 Å². The molecule has 4 heterocycles. The van der Waals surface area contributed by atoms with Crippen molar-refractivity contribution in [2.24, 2.45) is 0 Å². The van der Waals surface area contributed by atoms with E-state index in [9.17, 15) is 9.59 Å². The zero-order chi connectivity index (χ0) is 20.6. The van der Waals surface area contributed by atoms with E-state index in [2.05, 4.69) is 35.1 Å². The van der Waals surface area contributed by atoms with Gasteiger partial charge in [-0.05, 0) is 0 Å². The first-order chi connectivity index (χ1) is 14.1. The van der Waals surface area contributed by atoms with Gasteiger partial charge in [0.2, 0.25) is 23.5 Å². The Bertz CT molecular complexity index is 821. The van der Waals surface area contributed by atoms with Crippen LogP contribution in [0.2, 0.25) is 0 Å². The van der Waals surface area contributed by atoms with Gasteiger partial charge in [-0.25, -0.2) is 9.59 Å². The molecule has 0 spiro atoms. The van der Waals surface area contributed by atoms with Gasteiger partial charge in [-0.2, -0.15) is 9.97 Å². The summed E-state index contributed by atoms with van der Waals surface area (Å²) in [5.74, 6) is -0.686. The van der Waals surface area contributed by atoms with Gasteiger partial charge in [-0.15, -0.1) is 10.2 Å². The van der Waals surface area contributed by atoms with Crippen LogP contribution in [-0.2, 0) is 14.2 Å². The number of rotatable bonds is 4. The number of carboxylic acids is 1. The minimum Gasteiger partial charge on any atom is -0.870 e. The molecule has 0 aliphatic carbocycles. The largest absolute Gasteiger partial charge is 1.00 e. The maximum absolute atomic E-state index is 11.1. The molecule has 15 nitrogen and oxygen atoms in total. The van der Waals surface area contributed by atoms with Crippen LogP contribution in [-0.4, -0.2) is 113 Å². The van der Waals surface area contributed by atoms with Crippen LogP contribution >= 0.6 is 0 Å². The van der Waals surface area contributed by atoms with Gasteiger partial charge in [0.15, 0.2) is 0 Å². The fraction of sp³-hybridized carbons (Fsp3) is 0.625. The molecular weight excluding hydrogens is 423 g/mol. The van der Waals surface area contributed by atoms with Crippen LogP contribution < -0.4 is 28.7 Å². The summed E-state index contributed by atoms with van der Waals surface area (Å²) in [5.41, 5.74) is 0. The molecule has 16 heteroatoms. The SMILES string of the molecule is C.COC(=O)c1nc(N2CCOCC2)n[nH]1.O=C(O)c1nc(N2CCOCC2)n[nH]1.[Li+].[OH-]. The van der Waals surface area contributed by atoms with Gasteiger partial charge in [-0.3, -0.25) is 10.2 Å². The average Bonchev–Trinajstić information content (AvgIpc) is 3.45. The number of aromatic nitrogens is 6. The van der Waals surface area contributed by atoms with Crippen molar-refractivity contribution in [2.45, 2.75) is 7.43 Å². The Labute approximate surface area is 196 Å². The van der Waals surface area contributed by atoms with Crippen LogP contribution in [0.3, 0.4) is 0 Å². The summed E-state index contributed by atoms with van der Waals surface area (Å²) < 4.78 is 14.9. The van der Waals surface area contributed by atoms with Gasteiger partial charge >= 0.3 is 30.8 Å². The third-order valence-corrected chi connectivity index (χ3v) is 4.12. The number of hydrogen-bond donors (Lipinski definition) is 3. The zero-order valence-electron chi connectivity index (χ0n) is 17.3. The van der Waals surface area contributed by atoms with E-state index in [1.807, 2.05) is 9.80 Å². The summed E-state index contributed by atoms with van der Waals surface area (Å²) in [6.45, 7) is 5.41. The normalized spacial score (nSPS) is 15.2. The summed E-state index contributed by atoms with van der Waals surface area (Å²) in [5, 5.41) is 21.3. The molecule has 32 heavy (non-hydrogen) atoms. The molecule has 2 saturated heterocycles. The first-order valence-corrected chi connectivity index (χ1v) is 8.90. The second-order valence-corrected chi connectivity index (χ2v) is 5.96. The van der Waals surface area contributed by atoms with Crippen molar-refractivity contribution in [3.05, 3.63) is 11.6 Å². The van der Waals surface area contributed by atoms with Crippen molar-refractivity contribution < 1.29 is 53.2 Å². The van der Waals surface area contributed by atoms with E-state index in [-0.39, 0.29) is 43.4 Å². The molecule has 0 unspecified atom stereocenters. The van der Waals surface area contributed by atoms with E-state index in [0.717, 1.165) is 13.1 Å². The fourth-order valence-corrected chi connectivity index (χ4v) is 2.60. The summed E-state index contributed by atoms with van der Waals surface area (Å²) in [7, 11) is 1.30. The third-order valence-electron chi connectivity index (χ3n) is 4.12. The molecular formula is C16H27LiN8O7. The number of nitrogens with zero attached hydrogens (tertiary/aromatic N) is 6. The van der Waals surface area contributed by atoms with Crippen molar-refractivity contribution >= 4 is 23.8 Å². The second kappa shape index (κ2) is 14.4. The Morgan fingerprint density at radius 3 is 1.69 bits per heavy atom. The molecule has 174 valence electrons. The summed E-state index contributed by atoms with van der Waals surface area (Å²) >= 11 is 0. The summed E-state index contributed by atoms with van der Waals surface area (Å²) in [6.07, 6.45) is 0. The van der Waals surface area contributed by atoms with Crippen molar-refractivity contribution in [2.75, 3.05) is 69.5 Å². The Kier molecular flexibility index (Phi) is 13.2. The molecule has 0 atom stereocenters. The van der Waals surface area contributed by atoms with Crippen molar-refractivity contribution in [3.63, 3.8) is 0 Å². The first-order valence-electron chi connectivity index (χ1n) is 8.90. The molecule has 0 radical (unpaired) electrons. The molecule has 2 aromatic heterocycles. The van der Waals surface area contributed by atoms with E-state index in [4.69, 9.17) is 14.6 Å². The molecule has 0 amide bonds. The van der Waals surface area contributed by atoms with Crippen molar-refractivity contribution in [1.29, 1.82) is 0 Å². The van der Waals surface area contributed by atoms with E-state index in [1.165, 1.54) is 7.11 Å². The molecule has 0 saturated carbocycles. The van der Waals surface area contributed by atoms with Gasteiger partial charge in [0, 0.05) is 26.2 Å². The zero-order valence-corrected chi connectivity index (χ0v) is 17.3. The van der Waals surface area contributed by atoms with Crippen LogP contribution in [0, 0.1) is 0 Å². The van der Waals surface area contributed by atoms with Crippen molar-refractivity contribution in [1.82, 2.24) is 30.4 Å². The van der Waals surface area contributed by atoms with Crippen LogP contribution in [0.1, 0.15) is 28.7 Å². The fourth-order valence-electron chi connectivity index (χ4n) is 2.60. The van der Waals surface area contributed by atoms with E-state index in [0.29, 0.717) is 51.4 Å². The smallest absolute Gasteiger partial charge is 0.870 e. The van der Waals surface area contributed by atoms with E-state index >= 15 is 0 Å². The number of aromatic carboxylic acids is 1.